The van der Waals surface area contributed by atoms with Gasteiger partial charge in [0.1, 0.15) is 0 Å². The van der Waals surface area contributed by atoms with Crippen LogP contribution in [0.4, 0.5) is 0 Å². The fraction of sp³-hybridized carbons (Fsp3) is 0.667. The van der Waals surface area contributed by atoms with E-state index in [4.69, 9.17) is 4.74 Å². The van der Waals surface area contributed by atoms with E-state index < -0.39 is 0 Å². The van der Waals surface area contributed by atoms with Crippen molar-refractivity contribution in [2.24, 2.45) is 5.92 Å². The molecule has 1 saturated carbocycles. The van der Waals surface area contributed by atoms with E-state index in [-0.39, 0.29) is 11.8 Å². The van der Waals surface area contributed by atoms with Crippen molar-refractivity contribution in [3.63, 3.8) is 0 Å². The lowest BCUT2D eigenvalue weighted by molar-refractivity contribution is -0.119. The van der Waals surface area contributed by atoms with Crippen molar-refractivity contribution in [3.05, 3.63) is 12.5 Å². The summed E-state index contributed by atoms with van der Waals surface area (Å²) in [4.78, 5) is 11.1. The Kier molecular flexibility index (Phi) is 2.74. The molecule has 1 unspecified atom stereocenters. The molecule has 0 aliphatic heterocycles. The Morgan fingerprint density at radius 2 is 2.25 bits per heavy atom. The molecule has 0 spiro atoms. The molecule has 0 radical (unpaired) electrons. The van der Waals surface area contributed by atoms with Gasteiger partial charge in [-0.05, 0) is 32.3 Å². The van der Waals surface area contributed by atoms with Crippen molar-refractivity contribution in [2.75, 3.05) is 7.11 Å². The third kappa shape index (κ3) is 2.26. The first-order valence-electron chi connectivity index (χ1n) is 4.15. The zero-order chi connectivity index (χ0) is 9.14. The molecule has 0 aromatic carbocycles. The first-order chi connectivity index (χ1) is 5.65. The van der Waals surface area contributed by atoms with Crippen LogP contribution in [0.3, 0.4) is 0 Å². The second-order valence-electron chi connectivity index (χ2n) is 3.20. The molecule has 1 aliphatic rings. The second kappa shape index (κ2) is 3.61. The van der Waals surface area contributed by atoms with Crippen molar-refractivity contribution in [2.45, 2.75) is 25.8 Å². The number of nitrogens with one attached hydrogen (secondary N) is 1. The number of Topliss-reactive ketones (excluding diaryl/α,β-unsaturated/α-hetero) is 1. The number of hydrogen-bond donors (Lipinski definition) is 1. The van der Waals surface area contributed by atoms with E-state index in [0.717, 1.165) is 12.8 Å². The van der Waals surface area contributed by atoms with Gasteiger partial charge in [-0.3, -0.25) is 4.79 Å². The van der Waals surface area contributed by atoms with Crippen LogP contribution in [0, 0.1) is 5.92 Å². The predicted octanol–water partition coefficient (Wildman–Crippen LogP) is 1.06. The molecule has 3 heteroatoms. The average Bonchev–Trinajstić information content (AvgIpc) is 2.81. The van der Waals surface area contributed by atoms with Crippen LogP contribution in [0.15, 0.2) is 12.5 Å². The maximum atomic E-state index is 11.1. The Hall–Kier alpha value is -0.990. The highest BCUT2D eigenvalue weighted by Gasteiger charge is 2.34. The van der Waals surface area contributed by atoms with Gasteiger partial charge in [-0.1, -0.05) is 0 Å². The minimum atomic E-state index is -0.0857. The van der Waals surface area contributed by atoms with Gasteiger partial charge in [0.15, 0.2) is 11.7 Å². The van der Waals surface area contributed by atoms with Crippen LogP contribution in [0.25, 0.3) is 0 Å². The summed E-state index contributed by atoms with van der Waals surface area (Å²) in [5.74, 6) is 1.13. The maximum Gasteiger partial charge on any atom is 0.179 e. The third-order valence-corrected chi connectivity index (χ3v) is 2.09. The van der Waals surface area contributed by atoms with E-state index in [0.29, 0.717) is 11.8 Å². The average molecular weight is 169 g/mol. The maximum absolute atomic E-state index is 11.1. The van der Waals surface area contributed by atoms with Gasteiger partial charge in [-0.15, -0.1) is 0 Å². The Bertz CT molecular complexity index is 197. The molecule has 1 rings (SSSR count). The van der Waals surface area contributed by atoms with Gasteiger partial charge in [-0.2, -0.15) is 0 Å². The minimum Gasteiger partial charge on any atom is -0.483 e. The van der Waals surface area contributed by atoms with Gasteiger partial charge in [-0.25, -0.2) is 0 Å². The van der Waals surface area contributed by atoms with Crippen molar-refractivity contribution < 1.29 is 9.53 Å². The van der Waals surface area contributed by atoms with Crippen LogP contribution < -0.4 is 5.32 Å². The summed E-state index contributed by atoms with van der Waals surface area (Å²) in [6, 6.07) is -0.0857. The molecule has 12 heavy (non-hydrogen) atoms. The number of carbonyl (C=O) groups is 1. The van der Waals surface area contributed by atoms with E-state index >= 15 is 0 Å². The summed E-state index contributed by atoms with van der Waals surface area (Å²) in [5, 5.41) is 2.96. The predicted molar refractivity (Wildman–Crippen MR) is 46.5 cm³/mol. The Balaban J connectivity index is 2.43. The van der Waals surface area contributed by atoms with Crippen molar-refractivity contribution in [1.29, 1.82) is 0 Å². The van der Waals surface area contributed by atoms with Crippen LogP contribution >= 0.6 is 0 Å². The topological polar surface area (TPSA) is 38.3 Å². The standard InChI is InChI=1S/C9H15NO2/c1-6(11)9(8-4-5-8)10-7(2)12-3/h8-10H,2,4-5H2,1,3H3. The first kappa shape index (κ1) is 9.10. The highest BCUT2D eigenvalue weighted by molar-refractivity contribution is 5.82. The molecule has 0 saturated heterocycles. The number of rotatable bonds is 5. The third-order valence-electron chi connectivity index (χ3n) is 2.09. The highest BCUT2D eigenvalue weighted by atomic mass is 16.5. The Labute approximate surface area is 72.8 Å². The lowest BCUT2D eigenvalue weighted by Crippen LogP contribution is -2.36. The summed E-state index contributed by atoms with van der Waals surface area (Å²) in [5.41, 5.74) is 0. The molecular weight excluding hydrogens is 154 g/mol. The zero-order valence-electron chi connectivity index (χ0n) is 7.59. The lowest BCUT2D eigenvalue weighted by Gasteiger charge is -2.16. The largest absolute Gasteiger partial charge is 0.483 e. The molecule has 1 atom stereocenters. The first-order valence-corrected chi connectivity index (χ1v) is 4.15. The fourth-order valence-electron chi connectivity index (χ4n) is 1.21. The number of ether oxygens (including phenoxy) is 1. The van der Waals surface area contributed by atoms with Gasteiger partial charge in [0.05, 0.1) is 13.2 Å². The normalized spacial score (nSPS) is 18.2. The Morgan fingerprint density at radius 1 is 1.67 bits per heavy atom. The molecule has 1 N–H and O–H groups in total. The number of hydrogen-bond acceptors (Lipinski definition) is 3. The van der Waals surface area contributed by atoms with Crippen LogP contribution in [0.1, 0.15) is 19.8 Å². The Morgan fingerprint density at radius 3 is 2.58 bits per heavy atom. The zero-order valence-corrected chi connectivity index (χ0v) is 7.59. The van der Waals surface area contributed by atoms with Crippen LogP contribution in [-0.4, -0.2) is 18.9 Å². The smallest absolute Gasteiger partial charge is 0.179 e. The van der Waals surface area contributed by atoms with Crippen LogP contribution in [-0.2, 0) is 9.53 Å². The molecular formula is C9H15NO2. The molecule has 3 nitrogen and oxygen atoms in total. The summed E-state index contributed by atoms with van der Waals surface area (Å²) in [7, 11) is 1.54. The number of ketones is 1. The summed E-state index contributed by atoms with van der Waals surface area (Å²) in [6.45, 7) is 5.22. The summed E-state index contributed by atoms with van der Waals surface area (Å²) < 4.78 is 4.85. The summed E-state index contributed by atoms with van der Waals surface area (Å²) in [6.07, 6.45) is 2.27. The minimum absolute atomic E-state index is 0.0857. The van der Waals surface area contributed by atoms with Crippen molar-refractivity contribution in [1.82, 2.24) is 5.32 Å². The lowest BCUT2D eigenvalue weighted by atomic mass is 10.1. The molecule has 1 aliphatic carbocycles. The van der Waals surface area contributed by atoms with E-state index in [1.807, 2.05) is 0 Å². The van der Waals surface area contributed by atoms with E-state index in [9.17, 15) is 4.79 Å². The molecule has 0 aromatic rings. The van der Waals surface area contributed by atoms with Gasteiger partial charge < -0.3 is 10.1 Å². The van der Waals surface area contributed by atoms with Gasteiger partial charge in [0.25, 0.3) is 0 Å². The molecule has 0 aromatic heterocycles. The van der Waals surface area contributed by atoms with Crippen molar-refractivity contribution in [3.8, 4) is 0 Å². The van der Waals surface area contributed by atoms with Crippen LogP contribution in [0.2, 0.25) is 0 Å². The van der Waals surface area contributed by atoms with Crippen LogP contribution in [0.5, 0.6) is 0 Å². The van der Waals surface area contributed by atoms with Gasteiger partial charge in [0, 0.05) is 0 Å². The molecule has 0 heterocycles. The molecule has 0 amide bonds. The van der Waals surface area contributed by atoms with Gasteiger partial charge >= 0.3 is 0 Å². The SMILES string of the molecule is C=C(NC(C(C)=O)C1CC1)OC. The van der Waals surface area contributed by atoms with Crippen molar-refractivity contribution >= 4 is 5.78 Å². The fourth-order valence-corrected chi connectivity index (χ4v) is 1.21. The highest BCUT2D eigenvalue weighted by Crippen LogP contribution is 2.33. The molecule has 1 fully saturated rings. The van der Waals surface area contributed by atoms with E-state index in [1.165, 1.54) is 0 Å². The van der Waals surface area contributed by atoms with E-state index in [1.54, 1.807) is 14.0 Å². The number of methoxy groups -OCH3 is 1. The van der Waals surface area contributed by atoms with Gasteiger partial charge in [0.2, 0.25) is 0 Å². The number of carbonyl (C=O) groups excluding carboxylic acids is 1. The summed E-state index contributed by atoms with van der Waals surface area (Å²) >= 11 is 0. The molecule has 68 valence electrons. The molecule has 0 bridgehead atoms. The van der Waals surface area contributed by atoms with E-state index in [2.05, 4.69) is 11.9 Å². The monoisotopic (exact) mass is 169 g/mol. The quantitative estimate of drug-likeness (QED) is 0.625. The second-order valence-corrected chi connectivity index (χ2v) is 3.20.